The molecule has 0 spiro atoms. The molecular formula is C32H41N3O4S. The van der Waals surface area contributed by atoms with Crippen molar-refractivity contribution in [3.63, 3.8) is 0 Å². The van der Waals surface area contributed by atoms with Gasteiger partial charge in [-0.1, -0.05) is 74.4 Å². The summed E-state index contributed by atoms with van der Waals surface area (Å²) >= 11 is 0. The van der Waals surface area contributed by atoms with E-state index in [1.807, 2.05) is 65.0 Å². The van der Waals surface area contributed by atoms with Crippen LogP contribution < -0.4 is 9.62 Å². The summed E-state index contributed by atoms with van der Waals surface area (Å²) in [6.45, 7) is 9.91. The van der Waals surface area contributed by atoms with E-state index in [0.717, 1.165) is 39.4 Å². The lowest BCUT2D eigenvalue weighted by atomic mass is 10.1. The summed E-state index contributed by atoms with van der Waals surface area (Å²) in [5, 5.41) is 2.96. The van der Waals surface area contributed by atoms with Crippen molar-refractivity contribution >= 4 is 27.5 Å². The Morgan fingerprint density at radius 3 is 2.20 bits per heavy atom. The van der Waals surface area contributed by atoms with E-state index in [-0.39, 0.29) is 17.3 Å². The Hall–Kier alpha value is -3.65. The average molecular weight is 564 g/mol. The van der Waals surface area contributed by atoms with Crippen molar-refractivity contribution in [2.24, 2.45) is 0 Å². The van der Waals surface area contributed by atoms with E-state index in [1.165, 1.54) is 4.90 Å². The minimum atomic E-state index is -4.08. The van der Waals surface area contributed by atoms with Gasteiger partial charge in [0.25, 0.3) is 10.0 Å². The van der Waals surface area contributed by atoms with Gasteiger partial charge in [-0.25, -0.2) is 8.42 Å². The molecule has 0 fully saturated rings. The van der Waals surface area contributed by atoms with Crippen molar-refractivity contribution in [3.05, 3.63) is 95.1 Å². The fourth-order valence-corrected chi connectivity index (χ4v) is 5.95. The summed E-state index contributed by atoms with van der Waals surface area (Å²) in [5.41, 5.74) is 4.09. The van der Waals surface area contributed by atoms with Crippen LogP contribution in [0.1, 0.15) is 55.4 Å². The van der Waals surface area contributed by atoms with Gasteiger partial charge in [-0.3, -0.25) is 13.9 Å². The van der Waals surface area contributed by atoms with Crippen molar-refractivity contribution in [3.8, 4) is 0 Å². The smallest absolute Gasteiger partial charge is 0.264 e. The summed E-state index contributed by atoms with van der Waals surface area (Å²) in [5.74, 6) is -0.681. The topological polar surface area (TPSA) is 86.8 Å². The fourth-order valence-electron chi connectivity index (χ4n) is 4.55. The van der Waals surface area contributed by atoms with E-state index >= 15 is 0 Å². The number of hydrogen-bond acceptors (Lipinski definition) is 4. The van der Waals surface area contributed by atoms with E-state index in [9.17, 15) is 18.0 Å². The highest BCUT2D eigenvalue weighted by atomic mass is 32.2. The number of sulfonamides is 1. The van der Waals surface area contributed by atoms with Crippen molar-refractivity contribution in [2.45, 2.75) is 71.4 Å². The van der Waals surface area contributed by atoms with Gasteiger partial charge in [-0.2, -0.15) is 0 Å². The Kier molecular flexibility index (Phi) is 10.9. The van der Waals surface area contributed by atoms with Gasteiger partial charge >= 0.3 is 0 Å². The van der Waals surface area contributed by atoms with Crippen LogP contribution >= 0.6 is 0 Å². The Bertz CT molecular complexity index is 1400. The molecule has 2 amide bonds. The zero-order valence-corrected chi connectivity index (χ0v) is 25.0. The number of benzene rings is 3. The lowest BCUT2D eigenvalue weighted by molar-refractivity contribution is -0.140. The first-order valence-corrected chi connectivity index (χ1v) is 15.3. The first kappa shape index (κ1) is 30.9. The van der Waals surface area contributed by atoms with Crippen LogP contribution in [0.2, 0.25) is 0 Å². The molecular weight excluding hydrogens is 522 g/mol. The van der Waals surface area contributed by atoms with Gasteiger partial charge < -0.3 is 10.2 Å². The number of nitrogens with one attached hydrogen (secondary N) is 1. The third-order valence-electron chi connectivity index (χ3n) is 6.99. The van der Waals surface area contributed by atoms with Crippen LogP contribution in [0.5, 0.6) is 0 Å². The molecule has 0 aliphatic heterocycles. The summed E-state index contributed by atoms with van der Waals surface area (Å²) in [7, 11) is -4.08. The third-order valence-corrected chi connectivity index (χ3v) is 8.78. The molecule has 0 aromatic heterocycles. The van der Waals surface area contributed by atoms with Gasteiger partial charge in [0.05, 0.1) is 10.6 Å². The zero-order chi connectivity index (χ0) is 29.3. The monoisotopic (exact) mass is 563 g/mol. The third kappa shape index (κ3) is 7.72. The quantitative estimate of drug-likeness (QED) is 0.277. The molecule has 0 saturated carbocycles. The molecule has 8 heteroatoms. The van der Waals surface area contributed by atoms with Gasteiger partial charge in [-0.15, -0.1) is 0 Å². The van der Waals surface area contributed by atoms with E-state index in [2.05, 4.69) is 5.32 Å². The van der Waals surface area contributed by atoms with Gasteiger partial charge in [0.15, 0.2) is 0 Å². The second kappa shape index (κ2) is 14.1. The van der Waals surface area contributed by atoms with Crippen molar-refractivity contribution < 1.29 is 18.0 Å². The summed E-state index contributed by atoms with van der Waals surface area (Å²) in [6.07, 6.45) is 2.17. The maximum Gasteiger partial charge on any atom is 0.264 e. The van der Waals surface area contributed by atoms with E-state index in [1.54, 1.807) is 42.5 Å². The zero-order valence-electron chi connectivity index (χ0n) is 24.2. The van der Waals surface area contributed by atoms with Crippen molar-refractivity contribution in [1.82, 2.24) is 10.2 Å². The molecule has 0 unspecified atom stereocenters. The molecule has 40 heavy (non-hydrogen) atoms. The number of carbonyl (C=O) groups is 2. The fraction of sp³-hybridized carbons (Fsp3) is 0.375. The van der Waals surface area contributed by atoms with Gasteiger partial charge in [0.1, 0.15) is 12.6 Å². The summed E-state index contributed by atoms with van der Waals surface area (Å²) < 4.78 is 29.1. The molecule has 3 rings (SSSR count). The van der Waals surface area contributed by atoms with Gasteiger partial charge in [-0.05, 0) is 74.6 Å². The molecule has 0 aliphatic carbocycles. The maximum atomic E-state index is 14.1. The highest BCUT2D eigenvalue weighted by Crippen LogP contribution is 2.26. The average Bonchev–Trinajstić information content (AvgIpc) is 2.92. The number of hydrogen-bond donors (Lipinski definition) is 1. The molecule has 0 radical (unpaired) electrons. The number of amides is 2. The molecule has 3 aromatic carbocycles. The first-order valence-electron chi connectivity index (χ1n) is 13.9. The van der Waals surface area contributed by atoms with Crippen molar-refractivity contribution in [1.29, 1.82) is 0 Å². The predicted octanol–water partition coefficient (Wildman–Crippen LogP) is 5.53. The number of aryl methyl sites for hydroxylation is 3. The highest BCUT2D eigenvalue weighted by molar-refractivity contribution is 7.92. The molecule has 3 aromatic rings. The summed E-state index contributed by atoms with van der Waals surface area (Å²) in [6, 6.07) is 20.6. The second-order valence-corrected chi connectivity index (χ2v) is 12.0. The second-order valence-electron chi connectivity index (χ2n) is 10.2. The van der Waals surface area contributed by atoms with Crippen LogP contribution in [0, 0.1) is 20.8 Å². The Balaban J connectivity index is 2.05. The number of nitrogens with zero attached hydrogens (tertiary/aromatic N) is 2. The largest absolute Gasteiger partial charge is 0.354 e. The number of anilines is 1. The Morgan fingerprint density at radius 1 is 0.875 bits per heavy atom. The Morgan fingerprint density at radius 2 is 1.57 bits per heavy atom. The minimum Gasteiger partial charge on any atom is -0.354 e. The molecule has 1 atom stereocenters. The van der Waals surface area contributed by atoms with Gasteiger partial charge in [0, 0.05) is 13.1 Å². The van der Waals surface area contributed by atoms with Crippen LogP contribution in [-0.2, 0) is 26.2 Å². The van der Waals surface area contributed by atoms with E-state index in [0.29, 0.717) is 18.7 Å². The van der Waals surface area contributed by atoms with Crippen LogP contribution in [0.3, 0.4) is 0 Å². The van der Waals surface area contributed by atoms with Crippen LogP contribution in [0.4, 0.5) is 5.69 Å². The number of rotatable bonds is 13. The van der Waals surface area contributed by atoms with Crippen molar-refractivity contribution in [2.75, 3.05) is 17.4 Å². The summed E-state index contributed by atoms with van der Waals surface area (Å²) in [4.78, 5) is 29.0. The Labute approximate surface area is 239 Å². The molecule has 0 aliphatic rings. The molecule has 7 nitrogen and oxygen atoms in total. The van der Waals surface area contributed by atoms with Crippen LogP contribution in [-0.4, -0.2) is 44.3 Å². The standard InChI is InChI=1S/C32H41N3O4S/c1-6-8-20-33-32(37)30(7-2)34(22-27-14-10-9-13-26(27)5)31(36)23-35(28-15-11-12-25(4)21-28)40(38,39)29-18-16-24(3)17-19-29/h9-19,21,30H,6-8,20,22-23H2,1-5H3,(H,33,37)/t30-/m0/s1. The molecule has 0 heterocycles. The van der Waals surface area contributed by atoms with Crippen LogP contribution in [0.25, 0.3) is 0 Å². The predicted molar refractivity (Wildman–Crippen MR) is 161 cm³/mol. The van der Waals surface area contributed by atoms with E-state index < -0.39 is 28.5 Å². The number of carbonyl (C=O) groups excluding carboxylic acids is 2. The first-order chi connectivity index (χ1) is 19.1. The minimum absolute atomic E-state index is 0.0993. The van der Waals surface area contributed by atoms with Crippen LogP contribution in [0.15, 0.2) is 77.7 Å². The lowest BCUT2D eigenvalue weighted by Gasteiger charge is -2.33. The van der Waals surface area contributed by atoms with E-state index in [4.69, 9.17) is 0 Å². The number of unbranched alkanes of at least 4 members (excludes halogenated alkanes) is 1. The maximum absolute atomic E-state index is 14.1. The molecule has 0 bridgehead atoms. The molecule has 1 N–H and O–H groups in total. The highest BCUT2D eigenvalue weighted by Gasteiger charge is 2.33. The molecule has 0 saturated heterocycles. The molecule has 214 valence electrons. The normalized spacial score (nSPS) is 12.0. The lowest BCUT2D eigenvalue weighted by Crippen LogP contribution is -2.52. The van der Waals surface area contributed by atoms with Gasteiger partial charge in [0.2, 0.25) is 11.8 Å². The SMILES string of the molecule is CCCCNC(=O)[C@H](CC)N(Cc1ccccc1C)C(=O)CN(c1cccc(C)c1)S(=O)(=O)c1ccc(C)cc1.